The second-order valence-corrected chi connectivity index (χ2v) is 11.6. The lowest BCUT2D eigenvalue weighted by Crippen LogP contribution is -2.41. The van der Waals surface area contributed by atoms with Gasteiger partial charge in [0.25, 0.3) is 0 Å². The largest absolute Gasteiger partial charge is 0.453 e. The first kappa shape index (κ1) is 31.8. The molecule has 2 unspecified atom stereocenters. The number of ether oxygens (including phenoxy) is 1. The summed E-state index contributed by atoms with van der Waals surface area (Å²) < 4.78 is 5.43. The Balaban J connectivity index is 1.49. The fourth-order valence-electron chi connectivity index (χ4n) is 5.52. The van der Waals surface area contributed by atoms with Crippen LogP contribution in [0.3, 0.4) is 0 Å². The maximum absolute atomic E-state index is 13.9. The first-order valence-corrected chi connectivity index (χ1v) is 15.3. The molecule has 6 N–H and O–H groups in total. The lowest BCUT2D eigenvalue weighted by molar-refractivity contribution is -0.130. The highest BCUT2D eigenvalue weighted by Crippen LogP contribution is 2.42. The second-order valence-electron chi connectivity index (χ2n) is 10.3. The summed E-state index contributed by atoms with van der Waals surface area (Å²) in [7, 11) is 1.31. The van der Waals surface area contributed by atoms with Gasteiger partial charge in [0.1, 0.15) is 12.2 Å². The van der Waals surface area contributed by atoms with E-state index in [4.69, 9.17) is 28.3 Å². The van der Waals surface area contributed by atoms with Crippen LogP contribution < -0.4 is 22.0 Å². The summed E-state index contributed by atoms with van der Waals surface area (Å²) in [5, 5.41) is 7.89. The van der Waals surface area contributed by atoms with E-state index in [1.807, 2.05) is 29.2 Å². The van der Waals surface area contributed by atoms with E-state index in [-0.39, 0.29) is 17.9 Å². The monoisotopic (exact) mass is 690 g/mol. The van der Waals surface area contributed by atoms with Gasteiger partial charge in [-0.25, -0.2) is 15.6 Å². The summed E-state index contributed by atoms with van der Waals surface area (Å²) >= 11 is 9.88. The van der Waals surface area contributed by atoms with Crippen molar-refractivity contribution in [2.45, 2.75) is 24.8 Å². The number of H-pyrrole nitrogens is 1. The molecule has 13 heteroatoms. The van der Waals surface area contributed by atoms with E-state index >= 15 is 0 Å². The molecule has 0 spiro atoms. The van der Waals surface area contributed by atoms with Crippen LogP contribution in [-0.4, -0.2) is 46.9 Å². The zero-order valence-corrected chi connectivity index (χ0v) is 26.7. The van der Waals surface area contributed by atoms with Crippen molar-refractivity contribution in [1.82, 2.24) is 14.9 Å². The van der Waals surface area contributed by atoms with Crippen molar-refractivity contribution in [3.63, 3.8) is 0 Å². The first-order valence-electron chi connectivity index (χ1n) is 14.1. The first-order chi connectivity index (χ1) is 21.8. The van der Waals surface area contributed by atoms with E-state index in [1.165, 1.54) is 24.5 Å². The third-order valence-electron chi connectivity index (χ3n) is 7.57. The van der Waals surface area contributed by atoms with Crippen molar-refractivity contribution in [3.8, 4) is 11.3 Å². The number of methoxy groups -OCH3 is 1. The standard InChI is InChI=1S/C32H32BrClN8O3/c1-45-32(44)39-23-11-12-25(26(33)17-23)27-18-37-31(40-27)30-24(20-6-3-2-4-7-20)8-5-15-41(30)29(43)14-9-21-16-22(34)10-13-28(21)42(36)19-38-35/h2-4,6-7,9-14,16-19,24,30H,5,8,15,35-36H2,1H3,(H,37,40)(H,39,44)/b14-9+,38-19-. The van der Waals surface area contributed by atoms with Crippen LogP contribution in [0.25, 0.3) is 17.3 Å². The lowest BCUT2D eigenvalue weighted by Gasteiger charge is -2.40. The molecule has 1 aliphatic heterocycles. The van der Waals surface area contributed by atoms with Crippen LogP contribution in [0.2, 0.25) is 5.02 Å². The highest BCUT2D eigenvalue weighted by atomic mass is 79.9. The van der Waals surface area contributed by atoms with Gasteiger partial charge < -0.3 is 20.5 Å². The summed E-state index contributed by atoms with van der Waals surface area (Å²) in [6, 6.07) is 20.4. The number of imidazole rings is 1. The molecule has 232 valence electrons. The Hall–Kier alpha value is -4.65. The maximum atomic E-state index is 13.9. The Morgan fingerprint density at radius 2 is 2.00 bits per heavy atom. The number of hydrogen-bond donors (Lipinski definition) is 4. The number of carbonyl (C=O) groups is 2. The van der Waals surface area contributed by atoms with Crippen molar-refractivity contribution in [1.29, 1.82) is 0 Å². The number of amides is 2. The topological polar surface area (TPSA) is 155 Å². The SMILES string of the molecule is COC(=O)Nc1ccc(-c2cnc(C3C(c4ccccc4)CCCN3C(=O)/C=C/c3cc(Cl)ccc3N(N)/C=N\N)[nH]2)c(Br)c1. The average molecular weight is 692 g/mol. The molecule has 0 bridgehead atoms. The zero-order chi connectivity index (χ0) is 31.9. The van der Waals surface area contributed by atoms with Gasteiger partial charge in [-0.15, -0.1) is 0 Å². The molecular formula is C32H32BrClN8O3. The van der Waals surface area contributed by atoms with Crippen molar-refractivity contribution in [3.05, 3.63) is 105 Å². The predicted octanol–water partition coefficient (Wildman–Crippen LogP) is 6.41. The number of carbonyl (C=O) groups excluding carboxylic acids is 2. The second kappa shape index (κ2) is 14.4. The molecule has 1 fully saturated rings. The molecule has 0 aliphatic carbocycles. The summed E-state index contributed by atoms with van der Waals surface area (Å²) in [5.41, 5.74) is 4.50. The number of piperidine rings is 1. The summed E-state index contributed by atoms with van der Waals surface area (Å²) in [6.07, 6.45) is 7.39. The number of hydrazone groups is 1. The number of nitrogens with two attached hydrogens (primary N) is 2. The normalized spacial score (nSPS) is 16.7. The number of benzene rings is 3. The van der Waals surface area contributed by atoms with Crippen LogP contribution in [0, 0.1) is 0 Å². The molecule has 1 saturated heterocycles. The Morgan fingerprint density at radius 3 is 2.73 bits per heavy atom. The Labute approximate surface area is 274 Å². The summed E-state index contributed by atoms with van der Waals surface area (Å²) in [4.78, 5) is 35.7. The Bertz CT molecular complexity index is 1730. The zero-order valence-electron chi connectivity index (χ0n) is 24.4. The average Bonchev–Trinajstić information content (AvgIpc) is 3.53. The van der Waals surface area contributed by atoms with Gasteiger partial charge in [0.05, 0.1) is 30.7 Å². The van der Waals surface area contributed by atoms with E-state index in [9.17, 15) is 9.59 Å². The number of halogens is 2. The number of hydrogen-bond acceptors (Lipinski definition) is 7. The summed E-state index contributed by atoms with van der Waals surface area (Å²) in [6.45, 7) is 0.552. The molecule has 4 aromatic rings. The third kappa shape index (κ3) is 7.36. The smallest absolute Gasteiger partial charge is 0.411 e. The number of anilines is 2. The van der Waals surface area contributed by atoms with Gasteiger partial charge in [0, 0.05) is 44.8 Å². The summed E-state index contributed by atoms with van der Waals surface area (Å²) in [5.74, 6) is 11.9. The number of rotatable bonds is 8. The minimum Gasteiger partial charge on any atom is -0.453 e. The van der Waals surface area contributed by atoms with Gasteiger partial charge in [0.15, 0.2) is 0 Å². The molecular weight excluding hydrogens is 660 g/mol. The van der Waals surface area contributed by atoms with E-state index < -0.39 is 6.09 Å². The van der Waals surface area contributed by atoms with E-state index in [1.54, 1.807) is 42.6 Å². The highest BCUT2D eigenvalue weighted by molar-refractivity contribution is 9.10. The molecule has 11 nitrogen and oxygen atoms in total. The van der Waals surface area contributed by atoms with Crippen molar-refractivity contribution in [2.75, 3.05) is 24.0 Å². The molecule has 0 saturated carbocycles. The number of likely N-dealkylation sites (tertiary alicyclic amines) is 1. The third-order valence-corrected chi connectivity index (χ3v) is 8.46. The Kier molecular flexibility index (Phi) is 10.2. The van der Waals surface area contributed by atoms with E-state index in [0.717, 1.165) is 34.1 Å². The molecule has 3 aromatic carbocycles. The van der Waals surface area contributed by atoms with Crippen LogP contribution in [0.4, 0.5) is 16.2 Å². The van der Waals surface area contributed by atoms with Gasteiger partial charge in [-0.3, -0.25) is 15.1 Å². The van der Waals surface area contributed by atoms with Crippen molar-refractivity contribution in [2.24, 2.45) is 16.8 Å². The minimum absolute atomic E-state index is 0.00778. The maximum Gasteiger partial charge on any atom is 0.411 e. The van der Waals surface area contributed by atoms with E-state index in [2.05, 4.69) is 48.2 Å². The molecule has 2 atom stereocenters. The molecule has 2 heterocycles. The number of aromatic nitrogens is 2. The van der Waals surface area contributed by atoms with Gasteiger partial charge in [0.2, 0.25) is 5.91 Å². The number of nitrogens with zero attached hydrogens (tertiary/aromatic N) is 4. The quantitative estimate of drug-likeness (QED) is 0.0547. The number of nitrogens with one attached hydrogen (secondary N) is 2. The predicted molar refractivity (Wildman–Crippen MR) is 180 cm³/mol. The van der Waals surface area contributed by atoms with Crippen molar-refractivity contribution < 1.29 is 14.3 Å². The van der Waals surface area contributed by atoms with Crippen molar-refractivity contribution >= 4 is 63.3 Å². The Morgan fingerprint density at radius 1 is 1.20 bits per heavy atom. The highest BCUT2D eigenvalue weighted by Gasteiger charge is 2.37. The van der Waals surface area contributed by atoms with Crippen LogP contribution in [0.5, 0.6) is 0 Å². The van der Waals surface area contributed by atoms with E-state index in [0.29, 0.717) is 34.3 Å². The molecule has 2 amide bonds. The number of hydrazine groups is 1. The fraction of sp³-hybridized carbons (Fsp3) is 0.188. The molecule has 0 radical (unpaired) electrons. The van der Waals surface area contributed by atoms with Gasteiger partial charge in [-0.05, 0) is 60.9 Å². The van der Waals surface area contributed by atoms with Crippen LogP contribution in [0.1, 0.15) is 41.8 Å². The molecule has 45 heavy (non-hydrogen) atoms. The van der Waals surface area contributed by atoms with Gasteiger partial charge >= 0.3 is 6.09 Å². The molecule has 5 rings (SSSR count). The van der Waals surface area contributed by atoms with Crippen LogP contribution in [0.15, 0.2) is 88.6 Å². The number of aromatic amines is 1. The minimum atomic E-state index is -0.558. The van der Waals surface area contributed by atoms with Gasteiger partial charge in [-0.2, -0.15) is 5.10 Å². The lowest BCUT2D eigenvalue weighted by atomic mass is 9.83. The van der Waals surface area contributed by atoms with Crippen LogP contribution in [-0.2, 0) is 9.53 Å². The van der Waals surface area contributed by atoms with Gasteiger partial charge in [-0.1, -0.05) is 57.9 Å². The fourth-order valence-corrected chi connectivity index (χ4v) is 6.29. The molecule has 1 aromatic heterocycles. The van der Waals surface area contributed by atoms with Crippen LogP contribution >= 0.6 is 27.5 Å². The molecule has 1 aliphatic rings.